The summed E-state index contributed by atoms with van der Waals surface area (Å²) >= 11 is 0. The fraction of sp³-hybridized carbons (Fsp3) is 0.160. The number of rotatable bonds is 7. The molecule has 5 N–H and O–H groups in total. The van der Waals surface area contributed by atoms with Crippen LogP contribution in [0.25, 0.3) is 0 Å². The summed E-state index contributed by atoms with van der Waals surface area (Å²) in [7, 11) is 1.83. The van der Waals surface area contributed by atoms with Crippen molar-refractivity contribution in [2.24, 2.45) is 11.5 Å². The van der Waals surface area contributed by atoms with Gasteiger partial charge < -0.3 is 26.4 Å². The second kappa shape index (κ2) is 10.1. The zero-order chi connectivity index (χ0) is 24.9. The molecule has 1 aliphatic rings. The van der Waals surface area contributed by atoms with E-state index in [2.05, 4.69) is 15.3 Å². The molecule has 180 valence electrons. The predicted molar refractivity (Wildman–Crippen MR) is 133 cm³/mol. The van der Waals surface area contributed by atoms with Crippen LogP contribution in [0.4, 0.5) is 27.5 Å². The minimum absolute atomic E-state index is 0.212. The largest absolute Gasteiger partial charge is 0.480 e. The minimum Gasteiger partial charge on any atom is -0.480 e. The molecule has 1 aromatic heterocycles. The van der Waals surface area contributed by atoms with Crippen LogP contribution in [0.1, 0.15) is 22.8 Å². The molecule has 0 radical (unpaired) electrons. The number of halogens is 1. The van der Waals surface area contributed by atoms with Crippen LogP contribution in [-0.2, 0) is 11.3 Å². The van der Waals surface area contributed by atoms with Crippen molar-refractivity contribution in [2.75, 3.05) is 28.8 Å². The Morgan fingerprint density at radius 2 is 1.86 bits per heavy atom. The Bertz CT molecular complexity index is 1290. The normalized spacial score (nSPS) is 13.7. The summed E-state index contributed by atoms with van der Waals surface area (Å²) in [4.78, 5) is 26.0. The van der Waals surface area contributed by atoms with Gasteiger partial charge in [-0.05, 0) is 42.8 Å². The first kappa shape index (κ1) is 23.6. The highest BCUT2D eigenvalue weighted by Crippen LogP contribution is 2.39. The number of amides is 1. The van der Waals surface area contributed by atoms with Crippen molar-refractivity contribution < 1.29 is 13.9 Å². The summed E-state index contributed by atoms with van der Waals surface area (Å²) in [5, 5.41) is 2.93. The number of para-hydroxylation sites is 1. The number of nitrogens with one attached hydrogen (secondary N) is 1. The van der Waals surface area contributed by atoms with Crippen molar-refractivity contribution in [2.45, 2.75) is 13.5 Å². The standard InChI is InChI=1S/C25H26FN7O2/c1-3-35-22(28)13-12-21(27)30-25-29-14-20-23(31-25)32(2)19-7-5-4-6-18(19)24(34)33(20)15-16-8-10-17(26)11-9-16/h4-14H,3,15,27-28H2,1-2H3,(H,29,30,31)/b21-12+,22-13+. The number of carbonyl (C=O) groups excluding carboxylic acids is 1. The number of carbonyl (C=O) groups is 1. The average Bonchev–Trinajstić information content (AvgIpc) is 2.94. The summed E-state index contributed by atoms with van der Waals surface area (Å²) in [6, 6.07) is 13.3. The van der Waals surface area contributed by atoms with E-state index in [1.807, 2.05) is 37.1 Å². The van der Waals surface area contributed by atoms with Crippen LogP contribution in [0, 0.1) is 5.82 Å². The number of anilines is 4. The molecule has 0 atom stereocenters. The third kappa shape index (κ3) is 5.16. The first-order valence-electron chi connectivity index (χ1n) is 11.0. The van der Waals surface area contributed by atoms with Gasteiger partial charge in [0.1, 0.15) is 17.3 Å². The highest BCUT2D eigenvalue weighted by atomic mass is 19.1. The molecule has 0 saturated carbocycles. The molecule has 2 aromatic carbocycles. The van der Waals surface area contributed by atoms with Crippen molar-refractivity contribution in [3.05, 3.63) is 95.5 Å². The summed E-state index contributed by atoms with van der Waals surface area (Å²) in [6.07, 6.45) is 4.64. The number of nitrogens with two attached hydrogens (primary N) is 2. The van der Waals surface area contributed by atoms with E-state index in [0.29, 0.717) is 29.4 Å². The maximum absolute atomic E-state index is 13.6. The topological polar surface area (TPSA) is 123 Å². The van der Waals surface area contributed by atoms with Gasteiger partial charge in [0.05, 0.1) is 30.6 Å². The Balaban J connectivity index is 1.73. The maximum Gasteiger partial charge on any atom is 0.260 e. The molecule has 0 saturated heterocycles. The molecule has 4 rings (SSSR count). The van der Waals surface area contributed by atoms with Gasteiger partial charge in [0.2, 0.25) is 5.95 Å². The van der Waals surface area contributed by atoms with Gasteiger partial charge in [0, 0.05) is 13.1 Å². The number of nitrogens with zero attached hydrogens (tertiary/aromatic N) is 4. The van der Waals surface area contributed by atoms with E-state index in [9.17, 15) is 9.18 Å². The van der Waals surface area contributed by atoms with E-state index in [1.54, 1.807) is 35.4 Å². The fourth-order valence-corrected chi connectivity index (χ4v) is 3.67. The van der Waals surface area contributed by atoms with Gasteiger partial charge in [-0.15, -0.1) is 0 Å². The summed E-state index contributed by atoms with van der Waals surface area (Å²) in [5.41, 5.74) is 14.2. The number of hydrogen-bond acceptors (Lipinski definition) is 8. The van der Waals surface area contributed by atoms with Crippen LogP contribution in [0.5, 0.6) is 0 Å². The SMILES string of the molecule is CCO/C(N)=C/C=C(\N)Nc1ncc2c(n1)N(C)c1ccccc1C(=O)N2Cc1ccc(F)cc1. The Kier molecular flexibility index (Phi) is 6.81. The van der Waals surface area contributed by atoms with Gasteiger partial charge >= 0.3 is 0 Å². The first-order chi connectivity index (χ1) is 16.9. The second-order valence-electron chi connectivity index (χ2n) is 7.75. The zero-order valence-corrected chi connectivity index (χ0v) is 19.4. The van der Waals surface area contributed by atoms with Crippen LogP contribution in [0.2, 0.25) is 0 Å². The van der Waals surface area contributed by atoms with E-state index in [4.69, 9.17) is 16.2 Å². The van der Waals surface area contributed by atoms with Gasteiger partial charge in [-0.3, -0.25) is 9.69 Å². The van der Waals surface area contributed by atoms with E-state index in [1.165, 1.54) is 18.2 Å². The number of ether oxygens (including phenoxy) is 1. The molecule has 35 heavy (non-hydrogen) atoms. The molecule has 0 aliphatic carbocycles. The number of benzene rings is 2. The monoisotopic (exact) mass is 475 g/mol. The Labute approximate surface area is 202 Å². The highest BCUT2D eigenvalue weighted by Gasteiger charge is 2.31. The molecule has 9 nitrogen and oxygen atoms in total. The third-order valence-electron chi connectivity index (χ3n) is 5.35. The van der Waals surface area contributed by atoms with Gasteiger partial charge in [0.15, 0.2) is 11.7 Å². The molecule has 1 aliphatic heterocycles. The highest BCUT2D eigenvalue weighted by molar-refractivity contribution is 6.13. The molecule has 0 bridgehead atoms. The molecule has 10 heteroatoms. The minimum atomic E-state index is -0.344. The van der Waals surface area contributed by atoms with Crippen LogP contribution in [-0.4, -0.2) is 29.5 Å². The second-order valence-corrected chi connectivity index (χ2v) is 7.75. The fourth-order valence-electron chi connectivity index (χ4n) is 3.67. The Morgan fingerprint density at radius 1 is 1.11 bits per heavy atom. The number of aromatic nitrogens is 2. The van der Waals surface area contributed by atoms with Crippen LogP contribution in [0.15, 0.2) is 78.6 Å². The molecule has 0 unspecified atom stereocenters. The van der Waals surface area contributed by atoms with Gasteiger partial charge in [-0.25, -0.2) is 9.37 Å². The lowest BCUT2D eigenvalue weighted by molar-refractivity contribution is 0.0986. The van der Waals surface area contributed by atoms with E-state index >= 15 is 0 Å². The van der Waals surface area contributed by atoms with E-state index in [0.717, 1.165) is 5.56 Å². The number of hydrogen-bond donors (Lipinski definition) is 3. The molecular weight excluding hydrogens is 449 g/mol. The van der Waals surface area contributed by atoms with E-state index < -0.39 is 0 Å². The average molecular weight is 476 g/mol. The van der Waals surface area contributed by atoms with Crippen molar-refractivity contribution in [3.8, 4) is 0 Å². The maximum atomic E-state index is 13.6. The molecule has 3 aromatic rings. The van der Waals surface area contributed by atoms with Crippen LogP contribution < -0.4 is 26.6 Å². The molecule has 1 amide bonds. The Morgan fingerprint density at radius 3 is 2.60 bits per heavy atom. The molecular formula is C25H26FN7O2. The van der Waals surface area contributed by atoms with Crippen LogP contribution >= 0.6 is 0 Å². The Hall–Kier alpha value is -4.60. The molecule has 0 spiro atoms. The third-order valence-corrected chi connectivity index (χ3v) is 5.35. The summed E-state index contributed by atoms with van der Waals surface area (Å²) in [6.45, 7) is 2.49. The lowest BCUT2D eigenvalue weighted by Crippen LogP contribution is -2.30. The van der Waals surface area contributed by atoms with Gasteiger partial charge in [-0.2, -0.15) is 4.98 Å². The number of allylic oxidation sites excluding steroid dienone is 2. The quantitative estimate of drug-likeness (QED) is 0.350. The van der Waals surface area contributed by atoms with Gasteiger partial charge in [0.25, 0.3) is 5.91 Å². The first-order valence-corrected chi connectivity index (χ1v) is 11.0. The number of fused-ring (bicyclic) bond motifs is 2. The molecule has 0 fully saturated rings. The van der Waals surface area contributed by atoms with Crippen LogP contribution in [0.3, 0.4) is 0 Å². The van der Waals surface area contributed by atoms with Crippen molar-refractivity contribution >= 4 is 29.0 Å². The predicted octanol–water partition coefficient (Wildman–Crippen LogP) is 3.59. The lowest BCUT2D eigenvalue weighted by atomic mass is 10.1. The molecule has 2 heterocycles. The van der Waals surface area contributed by atoms with Gasteiger partial charge in [-0.1, -0.05) is 24.3 Å². The summed E-state index contributed by atoms with van der Waals surface area (Å²) in [5.74, 6) is 0.663. The van der Waals surface area contributed by atoms with Crippen molar-refractivity contribution in [1.29, 1.82) is 0 Å². The zero-order valence-electron chi connectivity index (χ0n) is 19.4. The smallest absolute Gasteiger partial charge is 0.260 e. The van der Waals surface area contributed by atoms with Crippen molar-refractivity contribution in [1.82, 2.24) is 9.97 Å². The van der Waals surface area contributed by atoms with E-state index in [-0.39, 0.29) is 35.9 Å². The summed E-state index contributed by atoms with van der Waals surface area (Å²) < 4.78 is 18.6. The van der Waals surface area contributed by atoms with Crippen molar-refractivity contribution in [3.63, 3.8) is 0 Å². The lowest BCUT2D eigenvalue weighted by Gasteiger charge is -2.24.